The molecule has 0 spiro atoms. The minimum absolute atomic E-state index is 0.0405. The van der Waals surface area contributed by atoms with Gasteiger partial charge in [-0.1, -0.05) is 18.6 Å². The van der Waals surface area contributed by atoms with Gasteiger partial charge in [0.25, 0.3) is 0 Å². The summed E-state index contributed by atoms with van der Waals surface area (Å²) in [6.45, 7) is 3.82. The lowest BCUT2D eigenvalue weighted by atomic mass is 10.0. The number of benzene rings is 1. The molecule has 1 aromatic carbocycles. The summed E-state index contributed by atoms with van der Waals surface area (Å²) >= 11 is 0. The molecule has 1 saturated heterocycles. The summed E-state index contributed by atoms with van der Waals surface area (Å²) < 4.78 is 0. The molecule has 1 aliphatic heterocycles. The van der Waals surface area contributed by atoms with Crippen LogP contribution in [0, 0.1) is 11.8 Å². The highest BCUT2D eigenvalue weighted by Crippen LogP contribution is 2.37. The van der Waals surface area contributed by atoms with E-state index in [1.807, 2.05) is 12.1 Å². The van der Waals surface area contributed by atoms with E-state index in [-0.39, 0.29) is 5.43 Å². The van der Waals surface area contributed by atoms with Gasteiger partial charge < -0.3 is 15.0 Å². The maximum Gasteiger partial charge on any atom is 0.181 e. The molecule has 1 aromatic heterocycles. The number of aromatic amines is 1. The predicted molar refractivity (Wildman–Crippen MR) is 96.1 cm³/mol. The second-order valence-corrected chi connectivity index (χ2v) is 6.86. The third-order valence-electron chi connectivity index (χ3n) is 5.14. The molecule has 2 aromatic rings. The molecular formula is C20H26N2O2. The molecule has 0 unspecified atom stereocenters. The van der Waals surface area contributed by atoms with Crippen molar-refractivity contribution in [2.45, 2.75) is 25.7 Å². The summed E-state index contributed by atoms with van der Waals surface area (Å²) in [5, 5.41) is 9.23. The van der Waals surface area contributed by atoms with Gasteiger partial charge in [0, 0.05) is 44.2 Å². The highest BCUT2D eigenvalue weighted by Gasteiger charge is 2.35. The van der Waals surface area contributed by atoms with Crippen molar-refractivity contribution in [3.8, 4) is 5.75 Å². The minimum atomic E-state index is 0.0405. The van der Waals surface area contributed by atoms with Crippen LogP contribution in [0.15, 0.2) is 53.6 Å². The van der Waals surface area contributed by atoms with Crippen LogP contribution in [-0.4, -0.2) is 34.6 Å². The SMILES string of the molecule is O=c1cc[nH]cc1.Oc1ccc(CCN2C[C@H]3CCC[C@H]3C2)cc1. The number of hydrogen-bond acceptors (Lipinski definition) is 3. The monoisotopic (exact) mass is 326 g/mol. The number of hydrogen-bond donors (Lipinski definition) is 2. The van der Waals surface area contributed by atoms with E-state index in [0.717, 1.165) is 18.3 Å². The van der Waals surface area contributed by atoms with Gasteiger partial charge in [-0.25, -0.2) is 0 Å². The number of phenols is 1. The van der Waals surface area contributed by atoms with Gasteiger partial charge in [0.1, 0.15) is 5.75 Å². The van der Waals surface area contributed by atoms with Gasteiger partial charge in [0.05, 0.1) is 0 Å². The summed E-state index contributed by atoms with van der Waals surface area (Å²) in [6, 6.07) is 10.6. The van der Waals surface area contributed by atoms with E-state index in [4.69, 9.17) is 0 Å². The maximum atomic E-state index is 10.2. The molecule has 0 bridgehead atoms. The molecule has 4 heteroatoms. The molecule has 2 aliphatic rings. The van der Waals surface area contributed by atoms with E-state index in [1.54, 1.807) is 24.5 Å². The Morgan fingerprint density at radius 3 is 2.17 bits per heavy atom. The van der Waals surface area contributed by atoms with Crippen LogP contribution in [-0.2, 0) is 6.42 Å². The second kappa shape index (κ2) is 8.15. The molecule has 4 rings (SSSR count). The number of aromatic nitrogens is 1. The average molecular weight is 326 g/mol. The van der Waals surface area contributed by atoms with E-state index < -0.39 is 0 Å². The zero-order valence-electron chi connectivity index (χ0n) is 14.0. The van der Waals surface area contributed by atoms with Gasteiger partial charge in [-0.15, -0.1) is 0 Å². The van der Waals surface area contributed by atoms with Crippen molar-refractivity contribution in [3.05, 3.63) is 64.6 Å². The van der Waals surface area contributed by atoms with Crippen LogP contribution in [0.4, 0.5) is 0 Å². The number of aromatic hydroxyl groups is 1. The Kier molecular flexibility index (Phi) is 5.70. The molecule has 0 amide bonds. The first-order chi connectivity index (χ1) is 11.7. The first-order valence-corrected chi connectivity index (χ1v) is 8.84. The van der Waals surface area contributed by atoms with Gasteiger partial charge in [-0.2, -0.15) is 0 Å². The molecule has 4 nitrogen and oxygen atoms in total. The normalized spacial score (nSPS) is 22.7. The Labute approximate surface area is 143 Å². The average Bonchev–Trinajstić information content (AvgIpc) is 3.17. The maximum absolute atomic E-state index is 10.2. The number of nitrogens with zero attached hydrogens (tertiary/aromatic N) is 1. The Hall–Kier alpha value is -2.07. The number of rotatable bonds is 3. The first kappa shape index (κ1) is 16.8. The van der Waals surface area contributed by atoms with E-state index in [1.165, 1.54) is 56.6 Å². The number of phenolic OH excluding ortho intramolecular Hbond substituents is 1. The van der Waals surface area contributed by atoms with Gasteiger partial charge >= 0.3 is 0 Å². The smallest absolute Gasteiger partial charge is 0.181 e. The third kappa shape index (κ3) is 4.71. The minimum Gasteiger partial charge on any atom is -0.508 e. The fraction of sp³-hybridized carbons (Fsp3) is 0.450. The summed E-state index contributed by atoms with van der Waals surface area (Å²) in [5.41, 5.74) is 1.37. The number of nitrogens with one attached hydrogen (secondary N) is 1. The fourth-order valence-corrected chi connectivity index (χ4v) is 3.84. The van der Waals surface area contributed by atoms with Crippen molar-refractivity contribution in [2.24, 2.45) is 11.8 Å². The molecule has 2 fully saturated rings. The van der Waals surface area contributed by atoms with Crippen molar-refractivity contribution in [1.82, 2.24) is 9.88 Å². The Morgan fingerprint density at radius 1 is 1.00 bits per heavy atom. The fourth-order valence-electron chi connectivity index (χ4n) is 3.84. The van der Waals surface area contributed by atoms with E-state index in [2.05, 4.69) is 9.88 Å². The van der Waals surface area contributed by atoms with Crippen LogP contribution in [0.25, 0.3) is 0 Å². The van der Waals surface area contributed by atoms with Crippen LogP contribution in [0.5, 0.6) is 5.75 Å². The number of likely N-dealkylation sites (tertiary alicyclic amines) is 1. The van der Waals surface area contributed by atoms with Crippen LogP contribution in [0.3, 0.4) is 0 Å². The van der Waals surface area contributed by atoms with E-state index >= 15 is 0 Å². The Bertz CT molecular complexity index is 651. The zero-order valence-corrected chi connectivity index (χ0v) is 14.0. The van der Waals surface area contributed by atoms with Crippen molar-refractivity contribution in [3.63, 3.8) is 0 Å². The standard InChI is InChI=1S/C15H21NO.C5H5NO/c17-15-6-4-12(5-7-15)8-9-16-10-13-2-1-3-14(13)11-16;7-5-1-3-6-4-2-5/h4-7,13-14,17H,1-3,8-11H2;1-4H,(H,6,7)/t13-,14+;. The van der Waals surface area contributed by atoms with Gasteiger partial charge in [-0.3, -0.25) is 4.79 Å². The van der Waals surface area contributed by atoms with Gasteiger partial charge in [0.15, 0.2) is 5.43 Å². The summed E-state index contributed by atoms with van der Waals surface area (Å²) in [5.74, 6) is 2.36. The van der Waals surface area contributed by atoms with Crippen molar-refractivity contribution in [2.75, 3.05) is 19.6 Å². The van der Waals surface area contributed by atoms with Crippen molar-refractivity contribution in [1.29, 1.82) is 0 Å². The molecule has 24 heavy (non-hydrogen) atoms. The Morgan fingerprint density at radius 2 is 1.62 bits per heavy atom. The largest absolute Gasteiger partial charge is 0.508 e. The molecule has 128 valence electrons. The number of H-pyrrole nitrogens is 1. The number of fused-ring (bicyclic) bond motifs is 1. The highest BCUT2D eigenvalue weighted by molar-refractivity contribution is 5.26. The van der Waals surface area contributed by atoms with Crippen LogP contribution < -0.4 is 5.43 Å². The molecule has 1 saturated carbocycles. The van der Waals surface area contributed by atoms with Crippen molar-refractivity contribution >= 4 is 0 Å². The first-order valence-electron chi connectivity index (χ1n) is 8.84. The van der Waals surface area contributed by atoms with E-state index in [9.17, 15) is 9.90 Å². The Balaban J connectivity index is 0.000000203. The van der Waals surface area contributed by atoms with Crippen LogP contribution >= 0.6 is 0 Å². The molecule has 1 aliphatic carbocycles. The highest BCUT2D eigenvalue weighted by atomic mass is 16.3. The summed E-state index contributed by atoms with van der Waals surface area (Å²) in [4.78, 5) is 15.6. The van der Waals surface area contributed by atoms with Crippen molar-refractivity contribution < 1.29 is 5.11 Å². The summed E-state index contributed by atoms with van der Waals surface area (Å²) in [6.07, 6.45) is 8.69. The molecular weight excluding hydrogens is 300 g/mol. The predicted octanol–water partition coefficient (Wildman–Crippen LogP) is 3.04. The topological polar surface area (TPSA) is 56.3 Å². The summed E-state index contributed by atoms with van der Waals surface area (Å²) in [7, 11) is 0. The van der Waals surface area contributed by atoms with Gasteiger partial charge in [0.2, 0.25) is 0 Å². The molecule has 0 radical (unpaired) electrons. The lowest BCUT2D eigenvalue weighted by molar-refractivity contribution is 0.315. The third-order valence-corrected chi connectivity index (χ3v) is 5.14. The zero-order chi connectivity index (χ0) is 16.8. The molecule has 2 atom stereocenters. The van der Waals surface area contributed by atoms with Crippen LogP contribution in [0.2, 0.25) is 0 Å². The van der Waals surface area contributed by atoms with Crippen LogP contribution in [0.1, 0.15) is 24.8 Å². The lowest BCUT2D eigenvalue weighted by Gasteiger charge is -2.16. The molecule has 2 N–H and O–H groups in total. The number of pyridine rings is 1. The lowest BCUT2D eigenvalue weighted by Crippen LogP contribution is -2.24. The van der Waals surface area contributed by atoms with E-state index in [0.29, 0.717) is 5.75 Å². The second-order valence-electron chi connectivity index (χ2n) is 6.86. The quantitative estimate of drug-likeness (QED) is 0.911. The molecule has 2 heterocycles. The van der Waals surface area contributed by atoms with Gasteiger partial charge in [-0.05, 0) is 48.8 Å².